The molecule has 0 aliphatic heterocycles. The van der Waals surface area contributed by atoms with Crippen molar-refractivity contribution in [1.82, 2.24) is 5.32 Å². The van der Waals surface area contributed by atoms with E-state index >= 15 is 0 Å². The molecule has 2 heteroatoms. The molecular formula is C11H23NO. The van der Waals surface area contributed by atoms with E-state index in [2.05, 4.69) is 26.1 Å². The van der Waals surface area contributed by atoms with Gasteiger partial charge in [0, 0.05) is 11.6 Å². The molecule has 1 rings (SSSR count). The van der Waals surface area contributed by atoms with Crippen molar-refractivity contribution in [1.29, 1.82) is 0 Å². The zero-order valence-electron chi connectivity index (χ0n) is 9.14. The van der Waals surface area contributed by atoms with Crippen LogP contribution in [0.25, 0.3) is 0 Å². The first-order valence-electron chi connectivity index (χ1n) is 5.57. The normalized spacial score (nSPS) is 29.5. The van der Waals surface area contributed by atoms with Crippen molar-refractivity contribution in [2.75, 3.05) is 0 Å². The highest BCUT2D eigenvalue weighted by molar-refractivity contribution is 4.90. The summed E-state index contributed by atoms with van der Waals surface area (Å²) in [4.78, 5) is 0. The Labute approximate surface area is 81.7 Å². The molecule has 2 unspecified atom stereocenters. The molecule has 1 aliphatic rings. The first-order valence-corrected chi connectivity index (χ1v) is 5.57. The molecule has 13 heavy (non-hydrogen) atoms. The zero-order chi connectivity index (χ0) is 9.90. The Hall–Kier alpha value is -0.0800. The van der Waals surface area contributed by atoms with Gasteiger partial charge in [0.2, 0.25) is 0 Å². The summed E-state index contributed by atoms with van der Waals surface area (Å²) in [6.07, 6.45) is 5.43. The van der Waals surface area contributed by atoms with Crippen LogP contribution in [0.5, 0.6) is 0 Å². The minimum atomic E-state index is -0.113. The second-order valence-electron chi connectivity index (χ2n) is 4.52. The van der Waals surface area contributed by atoms with Crippen LogP contribution >= 0.6 is 0 Å². The van der Waals surface area contributed by atoms with Crippen LogP contribution < -0.4 is 5.32 Å². The van der Waals surface area contributed by atoms with E-state index in [1.54, 1.807) is 0 Å². The summed E-state index contributed by atoms with van der Waals surface area (Å²) in [5.41, 5.74) is 0.218. The lowest BCUT2D eigenvalue weighted by Gasteiger charge is -2.33. The smallest absolute Gasteiger partial charge is 0.0693 e. The fraction of sp³-hybridized carbons (Fsp3) is 1.00. The third-order valence-corrected chi connectivity index (χ3v) is 3.57. The number of hydrogen-bond donors (Lipinski definition) is 2. The monoisotopic (exact) mass is 185 g/mol. The van der Waals surface area contributed by atoms with Crippen LogP contribution in [0.2, 0.25) is 0 Å². The molecule has 0 aromatic rings. The maximum absolute atomic E-state index is 9.68. The van der Waals surface area contributed by atoms with Crippen molar-refractivity contribution in [3.05, 3.63) is 0 Å². The van der Waals surface area contributed by atoms with Crippen LogP contribution in [0, 0.1) is 0 Å². The highest BCUT2D eigenvalue weighted by Crippen LogP contribution is 2.23. The highest BCUT2D eigenvalue weighted by atomic mass is 16.3. The van der Waals surface area contributed by atoms with Crippen LogP contribution in [0.15, 0.2) is 0 Å². The molecule has 0 radical (unpaired) electrons. The Morgan fingerprint density at radius 1 is 1.31 bits per heavy atom. The maximum Gasteiger partial charge on any atom is 0.0693 e. The van der Waals surface area contributed by atoms with Crippen molar-refractivity contribution in [2.45, 2.75) is 70.6 Å². The van der Waals surface area contributed by atoms with Gasteiger partial charge >= 0.3 is 0 Å². The van der Waals surface area contributed by atoms with Gasteiger partial charge in [0.05, 0.1) is 6.10 Å². The van der Waals surface area contributed by atoms with E-state index in [0.717, 1.165) is 25.7 Å². The van der Waals surface area contributed by atoms with Gasteiger partial charge in [0.25, 0.3) is 0 Å². The number of aliphatic hydroxyl groups excluding tert-OH is 1. The molecule has 0 bridgehead atoms. The van der Waals surface area contributed by atoms with Crippen molar-refractivity contribution >= 4 is 0 Å². The number of aliphatic hydroxyl groups is 1. The van der Waals surface area contributed by atoms with Crippen molar-refractivity contribution in [2.24, 2.45) is 0 Å². The average Bonchev–Trinajstić information content (AvgIpc) is 2.52. The zero-order valence-corrected chi connectivity index (χ0v) is 9.14. The third kappa shape index (κ3) is 2.68. The molecule has 0 aromatic carbocycles. The fourth-order valence-electron chi connectivity index (χ4n) is 2.01. The van der Waals surface area contributed by atoms with Gasteiger partial charge in [0.15, 0.2) is 0 Å². The van der Waals surface area contributed by atoms with E-state index in [1.165, 1.54) is 6.42 Å². The molecule has 0 spiro atoms. The Kier molecular flexibility index (Phi) is 3.74. The van der Waals surface area contributed by atoms with Crippen LogP contribution in [0.1, 0.15) is 52.9 Å². The molecule has 2 nitrogen and oxygen atoms in total. The van der Waals surface area contributed by atoms with E-state index in [-0.39, 0.29) is 11.6 Å². The van der Waals surface area contributed by atoms with Crippen LogP contribution in [0.4, 0.5) is 0 Å². The van der Waals surface area contributed by atoms with Crippen molar-refractivity contribution in [3.8, 4) is 0 Å². The summed E-state index contributed by atoms with van der Waals surface area (Å²) in [6.45, 7) is 6.66. The maximum atomic E-state index is 9.68. The Balaban J connectivity index is 2.45. The molecule has 2 atom stereocenters. The highest BCUT2D eigenvalue weighted by Gasteiger charge is 2.30. The quantitative estimate of drug-likeness (QED) is 0.702. The number of hydrogen-bond acceptors (Lipinski definition) is 2. The molecule has 0 saturated heterocycles. The molecule has 78 valence electrons. The standard InChI is InChI=1S/C11H23NO/c1-4-11(3,5-2)12-9-7-6-8-10(9)13/h9-10,12-13H,4-8H2,1-3H3. The lowest BCUT2D eigenvalue weighted by atomic mass is 9.94. The van der Waals surface area contributed by atoms with Gasteiger partial charge in [-0.1, -0.05) is 13.8 Å². The lowest BCUT2D eigenvalue weighted by Crippen LogP contribution is -2.50. The van der Waals surface area contributed by atoms with E-state index in [9.17, 15) is 5.11 Å². The Morgan fingerprint density at radius 2 is 1.92 bits per heavy atom. The minimum absolute atomic E-state index is 0.113. The summed E-state index contributed by atoms with van der Waals surface area (Å²) in [6, 6.07) is 0.338. The first-order chi connectivity index (χ1) is 6.11. The molecule has 1 saturated carbocycles. The molecular weight excluding hydrogens is 162 g/mol. The Bertz CT molecular complexity index is 154. The predicted molar refractivity (Wildman–Crippen MR) is 55.8 cm³/mol. The van der Waals surface area contributed by atoms with Gasteiger partial charge in [-0.2, -0.15) is 0 Å². The molecule has 2 N–H and O–H groups in total. The van der Waals surface area contributed by atoms with Crippen molar-refractivity contribution in [3.63, 3.8) is 0 Å². The van der Waals surface area contributed by atoms with Gasteiger partial charge in [0.1, 0.15) is 0 Å². The topological polar surface area (TPSA) is 32.3 Å². The molecule has 0 heterocycles. The second kappa shape index (κ2) is 4.43. The summed E-state index contributed by atoms with van der Waals surface area (Å²) in [7, 11) is 0. The first kappa shape index (κ1) is 11.0. The van der Waals surface area contributed by atoms with Gasteiger partial charge in [-0.3, -0.25) is 0 Å². The summed E-state index contributed by atoms with van der Waals surface area (Å²) in [5, 5.41) is 13.3. The van der Waals surface area contributed by atoms with Gasteiger partial charge in [-0.15, -0.1) is 0 Å². The largest absolute Gasteiger partial charge is 0.392 e. The van der Waals surface area contributed by atoms with E-state index in [0.29, 0.717) is 6.04 Å². The lowest BCUT2D eigenvalue weighted by molar-refractivity contribution is 0.126. The molecule has 0 amide bonds. The van der Waals surface area contributed by atoms with Crippen LogP contribution in [0.3, 0.4) is 0 Å². The third-order valence-electron chi connectivity index (χ3n) is 3.57. The minimum Gasteiger partial charge on any atom is -0.392 e. The number of rotatable bonds is 4. The average molecular weight is 185 g/mol. The van der Waals surface area contributed by atoms with Crippen LogP contribution in [-0.4, -0.2) is 22.8 Å². The second-order valence-corrected chi connectivity index (χ2v) is 4.52. The van der Waals surface area contributed by atoms with Gasteiger partial charge in [-0.05, 0) is 39.0 Å². The van der Waals surface area contributed by atoms with Crippen molar-refractivity contribution < 1.29 is 5.11 Å². The fourth-order valence-corrected chi connectivity index (χ4v) is 2.01. The molecule has 0 aromatic heterocycles. The Morgan fingerprint density at radius 3 is 2.31 bits per heavy atom. The summed E-state index contributed by atoms with van der Waals surface area (Å²) < 4.78 is 0. The van der Waals surface area contributed by atoms with Gasteiger partial charge < -0.3 is 10.4 Å². The van der Waals surface area contributed by atoms with E-state index in [4.69, 9.17) is 0 Å². The summed E-state index contributed by atoms with van der Waals surface area (Å²) >= 11 is 0. The molecule has 1 fully saturated rings. The van der Waals surface area contributed by atoms with Crippen LogP contribution in [-0.2, 0) is 0 Å². The summed E-state index contributed by atoms with van der Waals surface area (Å²) in [5.74, 6) is 0. The predicted octanol–water partition coefficient (Wildman–Crippen LogP) is 2.07. The van der Waals surface area contributed by atoms with E-state index in [1.807, 2.05) is 0 Å². The SMILES string of the molecule is CCC(C)(CC)NC1CCCC1O. The van der Waals surface area contributed by atoms with E-state index < -0.39 is 0 Å². The number of nitrogens with one attached hydrogen (secondary N) is 1. The van der Waals surface area contributed by atoms with Gasteiger partial charge in [-0.25, -0.2) is 0 Å². The molecule has 1 aliphatic carbocycles.